The van der Waals surface area contributed by atoms with E-state index in [2.05, 4.69) is 13.8 Å². The fourth-order valence-corrected chi connectivity index (χ4v) is 2.30. The first-order valence-corrected chi connectivity index (χ1v) is 7.11. The Kier molecular flexibility index (Phi) is 4.16. The molecule has 2 rings (SSSR count). The molecular formula is C15H21NO4. The zero-order valence-corrected chi connectivity index (χ0v) is 12.2. The Bertz CT molecular complexity index is 514. The monoisotopic (exact) mass is 279 g/mol. The Morgan fingerprint density at radius 3 is 2.50 bits per heavy atom. The smallest absolute Gasteiger partial charge is 0.339 e. The lowest BCUT2D eigenvalue weighted by Gasteiger charge is -2.23. The summed E-state index contributed by atoms with van der Waals surface area (Å²) in [6.45, 7) is 6.61. The zero-order chi connectivity index (χ0) is 14.9. The van der Waals surface area contributed by atoms with Crippen LogP contribution in [0.15, 0.2) is 10.5 Å². The van der Waals surface area contributed by atoms with Gasteiger partial charge in [0.1, 0.15) is 11.3 Å². The van der Waals surface area contributed by atoms with Crippen LogP contribution in [-0.2, 0) is 6.42 Å². The van der Waals surface area contributed by atoms with Crippen LogP contribution in [0.4, 0.5) is 0 Å². The van der Waals surface area contributed by atoms with Crippen molar-refractivity contribution >= 4 is 11.9 Å². The molecule has 1 saturated carbocycles. The van der Waals surface area contributed by atoms with Crippen molar-refractivity contribution in [3.05, 3.63) is 23.2 Å². The van der Waals surface area contributed by atoms with Gasteiger partial charge in [-0.05, 0) is 18.8 Å². The number of carbonyl (C=O) groups is 2. The first-order valence-electron chi connectivity index (χ1n) is 7.11. The standard InChI is InChI=1S/C15H21NO4/c1-4-12-11(15(18)19)7-13(20-12)14(17)16(8-9(2)3)10-5-6-10/h7,9-10H,4-6,8H2,1-3H3,(H,18,19). The van der Waals surface area contributed by atoms with Gasteiger partial charge in [0.25, 0.3) is 5.91 Å². The molecule has 0 spiro atoms. The number of rotatable bonds is 6. The van der Waals surface area contributed by atoms with Crippen LogP contribution in [0, 0.1) is 5.92 Å². The van der Waals surface area contributed by atoms with Crippen molar-refractivity contribution in [3.8, 4) is 0 Å². The molecule has 0 aromatic carbocycles. The van der Waals surface area contributed by atoms with Crippen molar-refractivity contribution in [2.75, 3.05) is 6.54 Å². The molecule has 1 aliphatic rings. The van der Waals surface area contributed by atoms with E-state index in [1.165, 1.54) is 6.07 Å². The molecule has 0 aliphatic heterocycles. The summed E-state index contributed by atoms with van der Waals surface area (Å²) in [5.41, 5.74) is 0.0937. The molecule has 1 N–H and O–H groups in total. The van der Waals surface area contributed by atoms with Gasteiger partial charge in [-0.3, -0.25) is 4.79 Å². The van der Waals surface area contributed by atoms with Gasteiger partial charge in [0.05, 0.1) is 0 Å². The third kappa shape index (κ3) is 3.03. The number of nitrogens with zero attached hydrogens (tertiary/aromatic N) is 1. The van der Waals surface area contributed by atoms with E-state index >= 15 is 0 Å². The third-order valence-electron chi connectivity index (χ3n) is 3.38. The number of carboxylic acids is 1. The Balaban J connectivity index is 2.24. The zero-order valence-electron chi connectivity index (χ0n) is 12.2. The predicted octanol–water partition coefficient (Wildman–Crippen LogP) is 2.80. The van der Waals surface area contributed by atoms with Gasteiger partial charge in [-0.1, -0.05) is 20.8 Å². The molecule has 1 amide bonds. The van der Waals surface area contributed by atoms with Crippen molar-refractivity contribution in [1.82, 2.24) is 4.90 Å². The molecule has 5 heteroatoms. The molecule has 1 heterocycles. The summed E-state index contributed by atoms with van der Waals surface area (Å²) >= 11 is 0. The van der Waals surface area contributed by atoms with Gasteiger partial charge < -0.3 is 14.4 Å². The second kappa shape index (κ2) is 5.69. The van der Waals surface area contributed by atoms with Gasteiger partial charge in [0, 0.05) is 25.1 Å². The van der Waals surface area contributed by atoms with Gasteiger partial charge in [-0.15, -0.1) is 0 Å². The topological polar surface area (TPSA) is 70.8 Å². The molecule has 0 bridgehead atoms. The van der Waals surface area contributed by atoms with Crippen LogP contribution in [-0.4, -0.2) is 34.5 Å². The van der Waals surface area contributed by atoms with E-state index in [0.29, 0.717) is 24.6 Å². The average molecular weight is 279 g/mol. The van der Waals surface area contributed by atoms with E-state index in [9.17, 15) is 9.59 Å². The molecule has 5 nitrogen and oxygen atoms in total. The number of hydrogen-bond acceptors (Lipinski definition) is 3. The van der Waals surface area contributed by atoms with Crippen molar-refractivity contribution < 1.29 is 19.1 Å². The highest BCUT2D eigenvalue weighted by Crippen LogP contribution is 2.30. The van der Waals surface area contributed by atoms with E-state index in [1.807, 2.05) is 11.8 Å². The van der Waals surface area contributed by atoms with Crippen LogP contribution in [0.5, 0.6) is 0 Å². The summed E-state index contributed by atoms with van der Waals surface area (Å²) < 4.78 is 5.46. The van der Waals surface area contributed by atoms with Crippen molar-refractivity contribution in [2.45, 2.75) is 46.1 Å². The largest absolute Gasteiger partial charge is 0.478 e. The normalized spacial score (nSPS) is 14.6. The lowest BCUT2D eigenvalue weighted by atomic mass is 10.2. The van der Waals surface area contributed by atoms with Gasteiger partial charge >= 0.3 is 5.97 Å². The maximum Gasteiger partial charge on any atom is 0.339 e. The van der Waals surface area contributed by atoms with Crippen LogP contribution >= 0.6 is 0 Å². The quantitative estimate of drug-likeness (QED) is 0.869. The van der Waals surface area contributed by atoms with E-state index in [1.54, 1.807) is 0 Å². The fraction of sp³-hybridized carbons (Fsp3) is 0.600. The molecule has 0 saturated heterocycles. The lowest BCUT2D eigenvalue weighted by molar-refractivity contribution is 0.0680. The molecule has 110 valence electrons. The maximum atomic E-state index is 12.5. The van der Waals surface area contributed by atoms with Crippen LogP contribution in [0.1, 0.15) is 60.3 Å². The molecule has 1 fully saturated rings. The van der Waals surface area contributed by atoms with Gasteiger partial charge in [-0.2, -0.15) is 0 Å². The van der Waals surface area contributed by atoms with Crippen molar-refractivity contribution in [1.29, 1.82) is 0 Å². The summed E-state index contributed by atoms with van der Waals surface area (Å²) in [7, 11) is 0. The Morgan fingerprint density at radius 1 is 1.45 bits per heavy atom. The summed E-state index contributed by atoms with van der Waals surface area (Å²) in [6, 6.07) is 1.65. The number of aryl methyl sites for hydroxylation is 1. The number of amides is 1. The third-order valence-corrected chi connectivity index (χ3v) is 3.38. The minimum absolute atomic E-state index is 0.0937. The van der Waals surface area contributed by atoms with Crippen molar-refractivity contribution in [3.63, 3.8) is 0 Å². The fourth-order valence-electron chi connectivity index (χ4n) is 2.30. The number of carbonyl (C=O) groups excluding carboxylic acids is 1. The van der Waals surface area contributed by atoms with Gasteiger partial charge in [0.2, 0.25) is 0 Å². The summed E-state index contributed by atoms with van der Waals surface area (Å²) in [4.78, 5) is 25.4. The van der Waals surface area contributed by atoms with E-state index in [4.69, 9.17) is 9.52 Å². The Hall–Kier alpha value is -1.78. The van der Waals surface area contributed by atoms with E-state index < -0.39 is 5.97 Å². The van der Waals surface area contributed by atoms with Gasteiger partial charge in [-0.25, -0.2) is 4.79 Å². The number of carboxylic acid groups (broad SMARTS) is 1. The first-order chi connectivity index (χ1) is 9.43. The summed E-state index contributed by atoms with van der Waals surface area (Å²) in [6.07, 6.45) is 2.50. The molecule has 1 aliphatic carbocycles. The average Bonchev–Trinajstić information content (AvgIpc) is 3.12. The molecule has 1 aromatic rings. The number of hydrogen-bond donors (Lipinski definition) is 1. The van der Waals surface area contributed by atoms with E-state index in [0.717, 1.165) is 12.8 Å². The molecule has 0 atom stereocenters. The molecule has 1 aromatic heterocycles. The van der Waals surface area contributed by atoms with Crippen LogP contribution in [0.2, 0.25) is 0 Å². The summed E-state index contributed by atoms with van der Waals surface area (Å²) in [5.74, 6) is -0.359. The maximum absolute atomic E-state index is 12.5. The van der Waals surface area contributed by atoms with E-state index in [-0.39, 0.29) is 23.3 Å². The number of furan rings is 1. The first kappa shape index (κ1) is 14.6. The predicted molar refractivity (Wildman–Crippen MR) is 73.9 cm³/mol. The highest BCUT2D eigenvalue weighted by atomic mass is 16.4. The Morgan fingerprint density at radius 2 is 2.10 bits per heavy atom. The molecular weight excluding hydrogens is 258 g/mol. The SMILES string of the molecule is CCc1oc(C(=O)N(CC(C)C)C2CC2)cc1C(=O)O. The van der Waals surface area contributed by atoms with Crippen molar-refractivity contribution in [2.24, 2.45) is 5.92 Å². The second-order valence-corrected chi connectivity index (χ2v) is 5.69. The molecule has 20 heavy (non-hydrogen) atoms. The minimum Gasteiger partial charge on any atom is -0.478 e. The van der Waals surface area contributed by atoms with Crippen LogP contribution in [0.25, 0.3) is 0 Å². The second-order valence-electron chi connectivity index (χ2n) is 5.69. The highest BCUT2D eigenvalue weighted by molar-refractivity contribution is 5.96. The van der Waals surface area contributed by atoms with Gasteiger partial charge in [0.15, 0.2) is 5.76 Å². The number of aromatic carboxylic acids is 1. The summed E-state index contributed by atoms with van der Waals surface area (Å²) in [5, 5.41) is 9.11. The Labute approximate surface area is 118 Å². The van der Waals surface area contributed by atoms with Crippen LogP contribution < -0.4 is 0 Å². The lowest BCUT2D eigenvalue weighted by Crippen LogP contribution is -2.35. The molecule has 0 radical (unpaired) electrons. The highest BCUT2D eigenvalue weighted by Gasteiger charge is 2.35. The molecule has 0 unspecified atom stereocenters. The van der Waals surface area contributed by atoms with Crippen LogP contribution in [0.3, 0.4) is 0 Å². The minimum atomic E-state index is -1.05.